The van der Waals surface area contributed by atoms with Crippen molar-refractivity contribution in [2.24, 2.45) is 5.92 Å². The van der Waals surface area contributed by atoms with Gasteiger partial charge in [-0.15, -0.1) is 0 Å². The van der Waals surface area contributed by atoms with E-state index < -0.39 is 0 Å². The van der Waals surface area contributed by atoms with Gasteiger partial charge in [0.15, 0.2) is 0 Å². The monoisotopic (exact) mass is 503 g/mol. The van der Waals surface area contributed by atoms with Crippen molar-refractivity contribution in [3.8, 4) is 5.75 Å². The third-order valence-corrected chi connectivity index (χ3v) is 7.10. The molecular weight excluding hydrogens is 469 g/mol. The number of nitrogens with one attached hydrogen (secondary N) is 1. The van der Waals surface area contributed by atoms with Crippen LogP contribution in [0.2, 0.25) is 0 Å². The molecule has 2 atom stereocenters. The SMILES string of the molecule is CC(=O)Nc1ccc(N2CCN(c3ccc(OC[C@@H]4COC(c5ccc(C)cc5F)C4)cc3)CC2)cc1. The Hall–Kier alpha value is -3.58. The second-order valence-corrected chi connectivity index (χ2v) is 9.96. The average Bonchev–Trinajstić information content (AvgIpc) is 3.37. The molecule has 37 heavy (non-hydrogen) atoms. The van der Waals surface area contributed by atoms with Crippen molar-refractivity contribution in [2.75, 3.05) is 54.5 Å². The lowest BCUT2D eigenvalue weighted by molar-refractivity contribution is -0.114. The lowest BCUT2D eigenvalue weighted by Crippen LogP contribution is -2.46. The van der Waals surface area contributed by atoms with E-state index in [4.69, 9.17) is 9.47 Å². The van der Waals surface area contributed by atoms with Gasteiger partial charge in [0.1, 0.15) is 11.6 Å². The number of amides is 1. The third kappa shape index (κ3) is 6.23. The lowest BCUT2D eigenvalue weighted by Gasteiger charge is -2.37. The summed E-state index contributed by atoms with van der Waals surface area (Å²) in [5.74, 6) is 0.828. The summed E-state index contributed by atoms with van der Waals surface area (Å²) in [7, 11) is 0. The second kappa shape index (κ2) is 11.2. The molecule has 2 fully saturated rings. The van der Waals surface area contributed by atoms with Crippen LogP contribution in [0, 0.1) is 18.7 Å². The number of carbonyl (C=O) groups is 1. The van der Waals surface area contributed by atoms with Gasteiger partial charge in [-0.2, -0.15) is 0 Å². The molecule has 3 aromatic rings. The normalized spacial score (nSPS) is 19.6. The summed E-state index contributed by atoms with van der Waals surface area (Å²) in [6.07, 6.45) is 0.559. The smallest absolute Gasteiger partial charge is 0.221 e. The zero-order valence-corrected chi connectivity index (χ0v) is 21.5. The Bertz CT molecular complexity index is 1210. The number of hydrogen-bond donors (Lipinski definition) is 1. The summed E-state index contributed by atoms with van der Waals surface area (Å²) in [6, 6.07) is 21.6. The Morgan fingerprint density at radius 1 is 0.973 bits per heavy atom. The Kier molecular flexibility index (Phi) is 7.60. The van der Waals surface area contributed by atoms with Crippen molar-refractivity contribution in [1.82, 2.24) is 0 Å². The molecule has 0 aliphatic carbocycles. The van der Waals surface area contributed by atoms with Gasteiger partial charge in [0.05, 0.1) is 19.3 Å². The third-order valence-electron chi connectivity index (χ3n) is 7.10. The maximum atomic E-state index is 14.3. The van der Waals surface area contributed by atoms with Crippen molar-refractivity contribution in [3.63, 3.8) is 0 Å². The molecule has 194 valence electrons. The predicted octanol–water partition coefficient (Wildman–Crippen LogP) is 5.58. The second-order valence-electron chi connectivity index (χ2n) is 9.96. The van der Waals surface area contributed by atoms with Gasteiger partial charge in [0, 0.05) is 61.6 Å². The van der Waals surface area contributed by atoms with Crippen LogP contribution in [0.5, 0.6) is 5.75 Å². The van der Waals surface area contributed by atoms with Crippen LogP contribution in [-0.2, 0) is 9.53 Å². The molecule has 5 rings (SSSR count). The Morgan fingerprint density at radius 2 is 1.59 bits per heavy atom. The fraction of sp³-hybridized carbons (Fsp3) is 0.367. The molecule has 1 unspecified atom stereocenters. The standard InChI is InChI=1S/C30H34FN3O3/c1-21-3-12-28(29(31)17-21)30-18-23(20-37-30)19-36-27-10-8-26(9-11-27)34-15-13-33(14-16-34)25-6-4-24(5-7-25)32-22(2)35/h3-12,17,23,30H,13-16,18-20H2,1-2H3,(H,32,35)/t23-,30?/m1/s1. The van der Waals surface area contributed by atoms with Crippen LogP contribution >= 0.6 is 0 Å². The van der Waals surface area contributed by atoms with Gasteiger partial charge in [-0.05, 0) is 73.5 Å². The van der Waals surface area contributed by atoms with Crippen LogP contribution in [0.4, 0.5) is 21.5 Å². The van der Waals surface area contributed by atoms with Crippen LogP contribution in [0.3, 0.4) is 0 Å². The fourth-order valence-corrected chi connectivity index (χ4v) is 5.07. The summed E-state index contributed by atoms with van der Waals surface area (Å²) in [6.45, 7) is 8.28. The summed E-state index contributed by atoms with van der Waals surface area (Å²) >= 11 is 0. The topological polar surface area (TPSA) is 54.0 Å². The number of piperazine rings is 1. The minimum atomic E-state index is -0.203. The van der Waals surface area contributed by atoms with E-state index in [1.165, 1.54) is 18.3 Å². The van der Waals surface area contributed by atoms with Crippen LogP contribution in [-0.4, -0.2) is 45.3 Å². The fourth-order valence-electron chi connectivity index (χ4n) is 5.07. The van der Waals surface area contributed by atoms with E-state index in [2.05, 4.69) is 39.4 Å². The number of nitrogens with zero attached hydrogens (tertiary/aromatic N) is 2. The number of hydrogen-bond acceptors (Lipinski definition) is 5. The van der Waals surface area contributed by atoms with Crippen LogP contribution in [0.15, 0.2) is 66.7 Å². The number of ether oxygens (including phenoxy) is 2. The van der Waals surface area contributed by atoms with Crippen LogP contribution in [0.25, 0.3) is 0 Å². The number of halogens is 1. The first kappa shape index (κ1) is 25.1. The molecule has 0 spiro atoms. The van der Waals surface area contributed by atoms with Gasteiger partial charge in [-0.1, -0.05) is 12.1 Å². The summed E-state index contributed by atoms with van der Waals surface area (Å²) in [4.78, 5) is 16.0. The summed E-state index contributed by atoms with van der Waals surface area (Å²) in [5.41, 5.74) is 4.73. The van der Waals surface area contributed by atoms with E-state index >= 15 is 0 Å². The van der Waals surface area contributed by atoms with E-state index in [0.717, 1.165) is 49.6 Å². The number of aryl methyl sites for hydroxylation is 1. The van der Waals surface area contributed by atoms with Gasteiger partial charge >= 0.3 is 0 Å². The van der Waals surface area contributed by atoms with Gasteiger partial charge < -0.3 is 24.6 Å². The van der Waals surface area contributed by atoms with E-state index in [0.29, 0.717) is 18.8 Å². The van der Waals surface area contributed by atoms with Crippen molar-refractivity contribution in [2.45, 2.75) is 26.4 Å². The molecule has 0 saturated carbocycles. The summed E-state index contributed by atoms with van der Waals surface area (Å²) < 4.78 is 26.2. The highest BCUT2D eigenvalue weighted by molar-refractivity contribution is 5.88. The maximum absolute atomic E-state index is 14.3. The molecule has 7 heteroatoms. The van der Waals surface area contributed by atoms with Gasteiger partial charge in [0.25, 0.3) is 0 Å². The Balaban J connectivity index is 1.08. The zero-order chi connectivity index (χ0) is 25.8. The number of anilines is 3. The molecule has 0 bridgehead atoms. The molecule has 2 aliphatic rings. The zero-order valence-electron chi connectivity index (χ0n) is 21.5. The molecule has 1 amide bonds. The number of rotatable bonds is 7. The van der Waals surface area contributed by atoms with E-state index in [1.54, 1.807) is 6.07 Å². The van der Waals surface area contributed by atoms with E-state index in [1.807, 2.05) is 43.3 Å². The minimum absolute atomic E-state index is 0.0613. The van der Waals surface area contributed by atoms with Crippen molar-refractivity contribution in [3.05, 3.63) is 83.7 Å². The molecule has 0 aromatic heterocycles. The molecule has 2 saturated heterocycles. The first-order valence-corrected chi connectivity index (χ1v) is 12.9. The summed E-state index contributed by atoms with van der Waals surface area (Å²) in [5, 5.41) is 2.81. The maximum Gasteiger partial charge on any atom is 0.221 e. The Morgan fingerprint density at radius 3 is 2.19 bits per heavy atom. The highest BCUT2D eigenvalue weighted by Gasteiger charge is 2.29. The first-order chi connectivity index (χ1) is 17.9. The molecule has 0 radical (unpaired) electrons. The van der Waals surface area contributed by atoms with E-state index in [9.17, 15) is 9.18 Å². The molecular formula is C30H34FN3O3. The lowest BCUT2D eigenvalue weighted by atomic mass is 10.00. The van der Waals surface area contributed by atoms with Crippen LogP contribution in [0.1, 0.15) is 30.6 Å². The molecule has 2 aliphatic heterocycles. The van der Waals surface area contributed by atoms with Crippen LogP contribution < -0.4 is 19.9 Å². The molecule has 1 N–H and O–H groups in total. The number of benzene rings is 3. The highest BCUT2D eigenvalue weighted by atomic mass is 19.1. The Labute approximate surface area is 218 Å². The van der Waals surface area contributed by atoms with E-state index in [-0.39, 0.29) is 23.7 Å². The minimum Gasteiger partial charge on any atom is -0.493 e. The van der Waals surface area contributed by atoms with Crippen molar-refractivity contribution in [1.29, 1.82) is 0 Å². The number of carbonyl (C=O) groups excluding carboxylic acids is 1. The van der Waals surface area contributed by atoms with Gasteiger partial charge in [-0.25, -0.2) is 4.39 Å². The van der Waals surface area contributed by atoms with Gasteiger partial charge in [-0.3, -0.25) is 4.79 Å². The first-order valence-electron chi connectivity index (χ1n) is 12.9. The van der Waals surface area contributed by atoms with Gasteiger partial charge in [0.2, 0.25) is 5.91 Å². The molecule has 2 heterocycles. The average molecular weight is 504 g/mol. The quantitative estimate of drug-likeness (QED) is 0.457. The molecule has 3 aromatic carbocycles. The largest absolute Gasteiger partial charge is 0.493 e. The van der Waals surface area contributed by atoms with Crippen molar-refractivity contribution >= 4 is 23.0 Å². The highest BCUT2D eigenvalue weighted by Crippen LogP contribution is 2.34. The van der Waals surface area contributed by atoms with Crippen molar-refractivity contribution < 1.29 is 18.7 Å². The molecule has 6 nitrogen and oxygen atoms in total. The predicted molar refractivity (Wildman–Crippen MR) is 145 cm³/mol.